The number of hydrogen-bond acceptors (Lipinski definition) is 5. The number of carbonyl (C=O) groups excluding carboxylic acids is 2. The summed E-state index contributed by atoms with van der Waals surface area (Å²) in [7, 11) is 0. The van der Waals surface area contributed by atoms with E-state index < -0.39 is 18.5 Å². The van der Waals surface area contributed by atoms with Crippen molar-refractivity contribution in [2.45, 2.75) is 25.6 Å². The summed E-state index contributed by atoms with van der Waals surface area (Å²) in [6.45, 7) is -2.16. The molecule has 6 nitrogen and oxygen atoms in total. The molecule has 1 aromatic carbocycles. The first-order valence-electron chi connectivity index (χ1n) is 7.81. The Morgan fingerprint density at radius 2 is 2.08 bits per heavy atom. The molecule has 1 atom stereocenters. The number of nitrogens with one attached hydrogen (secondary N) is 1. The van der Waals surface area contributed by atoms with E-state index in [-0.39, 0.29) is 18.5 Å². The number of benzene rings is 1. The zero-order valence-electron chi connectivity index (χ0n) is 13.5. The summed E-state index contributed by atoms with van der Waals surface area (Å²) in [5.41, 5.74) is 0.599. The van der Waals surface area contributed by atoms with Crippen LogP contribution in [0.15, 0.2) is 30.3 Å². The van der Waals surface area contributed by atoms with Crippen molar-refractivity contribution in [3.63, 3.8) is 0 Å². The summed E-state index contributed by atoms with van der Waals surface area (Å²) in [6, 6.07) is 5.73. The average Bonchev–Trinajstić information content (AvgIpc) is 3.10. The molecule has 1 aliphatic rings. The molecular weight excluding hydrogens is 336 g/mol. The lowest BCUT2D eigenvalue weighted by atomic mass is 10.2. The van der Waals surface area contributed by atoms with Gasteiger partial charge < -0.3 is 19.5 Å². The van der Waals surface area contributed by atoms with Crippen LogP contribution < -0.4 is 10.1 Å². The van der Waals surface area contributed by atoms with E-state index in [1.54, 1.807) is 0 Å². The Hall–Kier alpha value is -2.48. The van der Waals surface area contributed by atoms with Crippen molar-refractivity contribution in [1.82, 2.24) is 5.32 Å². The molecule has 1 aromatic rings. The van der Waals surface area contributed by atoms with Gasteiger partial charge in [-0.05, 0) is 36.6 Å². The van der Waals surface area contributed by atoms with Gasteiger partial charge in [-0.1, -0.05) is 12.1 Å². The maximum atomic E-state index is 12.0. The molecule has 8 heteroatoms. The first-order valence-corrected chi connectivity index (χ1v) is 7.81. The highest BCUT2D eigenvalue weighted by Gasteiger charge is 2.16. The molecule has 0 bridgehead atoms. The van der Waals surface area contributed by atoms with Crippen molar-refractivity contribution in [2.24, 2.45) is 0 Å². The number of amides is 1. The van der Waals surface area contributed by atoms with Gasteiger partial charge >= 0.3 is 12.6 Å². The molecule has 0 unspecified atom stereocenters. The van der Waals surface area contributed by atoms with Crippen LogP contribution in [0.4, 0.5) is 8.78 Å². The van der Waals surface area contributed by atoms with E-state index in [4.69, 9.17) is 9.47 Å². The van der Waals surface area contributed by atoms with Gasteiger partial charge in [0, 0.05) is 19.2 Å². The Morgan fingerprint density at radius 1 is 1.32 bits per heavy atom. The summed E-state index contributed by atoms with van der Waals surface area (Å²) in [5.74, 6) is -1.05. The van der Waals surface area contributed by atoms with E-state index in [1.165, 1.54) is 30.3 Å². The molecular formula is C17H19F2NO5. The summed E-state index contributed by atoms with van der Waals surface area (Å²) in [5, 5.41) is 2.64. The lowest BCUT2D eigenvalue weighted by molar-refractivity contribution is -0.143. The van der Waals surface area contributed by atoms with Crippen molar-refractivity contribution in [1.29, 1.82) is 0 Å². The van der Waals surface area contributed by atoms with Crippen LogP contribution in [-0.4, -0.2) is 44.4 Å². The second kappa shape index (κ2) is 9.73. The Morgan fingerprint density at radius 3 is 2.72 bits per heavy atom. The number of ether oxygens (including phenoxy) is 3. The van der Waals surface area contributed by atoms with Gasteiger partial charge in [-0.25, -0.2) is 4.79 Å². The minimum Gasteiger partial charge on any atom is -0.452 e. The van der Waals surface area contributed by atoms with E-state index in [0.29, 0.717) is 18.7 Å². The lowest BCUT2D eigenvalue weighted by Gasteiger charge is -2.10. The predicted molar refractivity (Wildman–Crippen MR) is 85.1 cm³/mol. The zero-order valence-corrected chi connectivity index (χ0v) is 13.5. The molecule has 1 N–H and O–H groups in total. The van der Waals surface area contributed by atoms with Crippen LogP contribution in [-0.2, 0) is 19.1 Å². The fourth-order valence-corrected chi connectivity index (χ4v) is 2.19. The van der Waals surface area contributed by atoms with Crippen LogP contribution in [0.1, 0.15) is 18.4 Å². The van der Waals surface area contributed by atoms with Gasteiger partial charge in [0.25, 0.3) is 5.91 Å². The molecule has 136 valence electrons. The molecule has 1 amide bonds. The van der Waals surface area contributed by atoms with Crippen molar-refractivity contribution in [3.05, 3.63) is 35.9 Å². The van der Waals surface area contributed by atoms with Crippen LogP contribution in [0.25, 0.3) is 6.08 Å². The molecule has 0 spiro atoms. The van der Waals surface area contributed by atoms with Crippen LogP contribution in [0.2, 0.25) is 0 Å². The summed E-state index contributed by atoms with van der Waals surface area (Å²) < 4.78 is 38.5. The van der Waals surface area contributed by atoms with Crippen molar-refractivity contribution in [3.8, 4) is 5.75 Å². The van der Waals surface area contributed by atoms with Gasteiger partial charge in [0.05, 0.1) is 6.10 Å². The zero-order chi connectivity index (χ0) is 18.1. The first kappa shape index (κ1) is 18.9. The molecule has 0 radical (unpaired) electrons. The fourth-order valence-electron chi connectivity index (χ4n) is 2.19. The minimum atomic E-state index is -2.89. The van der Waals surface area contributed by atoms with E-state index in [2.05, 4.69) is 10.1 Å². The van der Waals surface area contributed by atoms with Gasteiger partial charge in [-0.15, -0.1) is 0 Å². The van der Waals surface area contributed by atoms with Gasteiger partial charge in [0.1, 0.15) is 5.75 Å². The molecule has 1 saturated heterocycles. The Balaban J connectivity index is 1.68. The maximum Gasteiger partial charge on any atom is 0.387 e. The third kappa shape index (κ3) is 7.30. The number of carbonyl (C=O) groups is 2. The van der Waals surface area contributed by atoms with Crippen molar-refractivity contribution < 1.29 is 32.6 Å². The Kier molecular flexibility index (Phi) is 7.34. The SMILES string of the molecule is O=C(COC(=O)/C=C/c1ccc(OC(F)F)cc1)NC[C@H]1CCCO1. The largest absolute Gasteiger partial charge is 0.452 e. The Labute approximate surface area is 143 Å². The van der Waals surface area contributed by atoms with E-state index >= 15 is 0 Å². The van der Waals surface area contributed by atoms with Crippen molar-refractivity contribution >= 4 is 18.0 Å². The fraction of sp³-hybridized carbons (Fsp3) is 0.412. The third-order valence-electron chi connectivity index (χ3n) is 3.41. The highest BCUT2D eigenvalue weighted by Crippen LogP contribution is 2.15. The van der Waals surface area contributed by atoms with Gasteiger partial charge in [-0.3, -0.25) is 4.79 Å². The van der Waals surface area contributed by atoms with E-state index in [1.807, 2.05) is 0 Å². The second-order valence-electron chi connectivity index (χ2n) is 5.33. The number of hydrogen-bond donors (Lipinski definition) is 1. The standard InChI is InChI=1S/C17H19F2NO5/c18-17(19)25-13-6-3-12(4-7-13)5-8-16(22)24-11-15(21)20-10-14-2-1-9-23-14/h3-8,14,17H,1-2,9-11H2,(H,20,21)/b8-5+/t14-/m1/s1. The van der Waals surface area contributed by atoms with Gasteiger partial charge in [-0.2, -0.15) is 8.78 Å². The van der Waals surface area contributed by atoms with Gasteiger partial charge in [0.15, 0.2) is 6.61 Å². The van der Waals surface area contributed by atoms with Crippen LogP contribution >= 0.6 is 0 Å². The number of alkyl halides is 2. The first-order chi connectivity index (χ1) is 12.0. The maximum absolute atomic E-state index is 12.0. The molecule has 1 fully saturated rings. The predicted octanol–water partition coefficient (Wildman–Crippen LogP) is 2.14. The number of esters is 1. The Bertz CT molecular complexity index is 598. The third-order valence-corrected chi connectivity index (χ3v) is 3.41. The molecule has 2 rings (SSSR count). The molecule has 0 saturated carbocycles. The summed E-state index contributed by atoms with van der Waals surface area (Å²) >= 11 is 0. The molecule has 25 heavy (non-hydrogen) atoms. The minimum absolute atomic E-state index is 0.0246. The lowest BCUT2D eigenvalue weighted by Crippen LogP contribution is -2.34. The average molecular weight is 355 g/mol. The second-order valence-corrected chi connectivity index (χ2v) is 5.33. The van der Waals surface area contributed by atoms with E-state index in [0.717, 1.165) is 18.9 Å². The van der Waals surface area contributed by atoms with Crippen LogP contribution in [0.5, 0.6) is 5.75 Å². The monoisotopic (exact) mass is 355 g/mol. The number of halogens is 2. The molecule has 0 aliphatic carbocycles. The normalized spacial score (nSPS) is 17.0. The topological polar surface area (TPSA) is 73.9 Å². The smallest absolute Gasteiger partial charge is 0.387 e. The van der Waals surface area contributed by atoms with Gasteiger partial charge in [0.2, 0.25) is 0 Å². The summed E-state index contributed by atoms with van der Waals surface area (Å²) in [6.07, 6.45) is 4.51. The van der Waals surface area contributed by atoms with E-state index in [9.17, 15) is 18.4 Å². The quantitative estimate of drug-likeness (QED) is 0.571. The van der Waals surface area contributed by atoms with Crippen LogP contribution in [0, 0.1) is 0 Å². The summed E-state index contributed by atoms with van der Waals surface area (Å²) in [4.78, 5) is 23.1. The van der Waals surface area contributed by atoms with Crippen molar-refractivity contribution in [2.75, 3.05) is 19.8 Å². The molecule has 1 heterocycles. The molecule has 1 aliphatic heterocycles. The highest BCUT2D eigenvalue weighted by molar-refractivity contribution is 5.89. The molecule has 0 aromatic heterocycles. The highest BCUT2D eigenvalue weighted by atomic mass is 19.3. The number of rotatable bonds is 8. The van der Waals surface area contributed by atoms with Crippen LogP contribution in [0.3, 0.4) is 0 Å².